The Hall–Kier alpha value is -3.53. The minimum absolute atomic E-state index is 0.0955. The molecule has 3 rings (SSSR count). The largest absolute Gasteiger partial charge is 0.480 e. The van der Waals surface area contributed by atoms with Crippen molar-refractivity contribution >= 4 is 35.6 Å². The molecule has 0 aliphatic heterocycles. The van der Waals surface area contributed by atoms with Crippen molar-refractivity contribution in [1.82, 2.24) is 16.0 Å². The van der Waals surface area contributed by atoms with Crippen molar-refractivity contribution in [1.29, 1.82) is 0 Å². The number of carbonyl (C=O) groups is 4. The molecule has 0 spiro atoms. The van der Waals surface area contributed by atoms with Gasteiger partial charge in [0, 0.05) is 31.6 Å². The monoisotopic (exact) mass is 527 g/mol. The zero-order valence-corrected chi connectivity index (χ0v) is 21.6. The summed E-state index contributed by atoms with van der Waals surface area (Å²) in [5, 5.41) is 17.4. The van der Waals surface area contributed by atoms with Crippen LogP contribution in [0.2, 0.25) is 0 Å². The van der Waals surface area contributed by atoms with Crippen LogP contribution in [0, 0.1) is 0 Å². The molecule has 1 aliphatic rings. The lowest BCUT2D eigenvalue weighted by molar-refractivity contribution is -0.139. The molecule has 0 radical (unpaired) electrons. The molecule has 0 bridgehead atoms. The first-order chi connectivity index (χ1) is 17.9. The Labute approximate surface area is 220 Å². The summed E-state index contributed by atoms with van der Waals surface area (Å²) in [6, 6.07) is 14.9. The quantitative estimate of drug-likeness (QED) is 0.218. The molecule has 1 aliphatic carbocycles. The summed E-state index contributed by atoms with van der Waals surface area (Å²) >= 11 is 1.46. The maximum atomic E-state index is 12.4. The molecule has 0 fully saturated rings. The Morgan fingerprint density at radius 1 is 0.973 bits per heavy atom. The average molecular weight is 528 g/mol. The number of carbonyl (C=O) groups excluding carboxylic acids is 3. The number of ether oxygens (including phenoxy) is 1. The number of benzene rings is 2. The highest BCUT2D eigenvalue weighted by molar-refractivity contribution is 7.99. The molecule has 1 atom stereocenters. The van der Waals surface area contributed by atoms with E-state index in [1.807, 2.05) is 48.5 Å². The molecular formula is C27H33N3O6S. The van der Waals surface area contributed by atoms with E-state index in [1.54, 1.807) is 0 Å². The number of alkyl carbamates (subject to hydrolysis) is 1. The number of rotatable bonds is 14. The van der Waals surface area contributed by atoms with Crippen LogP contribution in [0.5, 0.6) is 0 Å². The standard InChI is InChI=1S/C27H33N3O6S/c1-18(31)29-17-37-15-13-25(32)28-14-7-6-12-24(26(33)34)30-27(35)36-16-23-21-10-4-2-8-19(21)20-9-3-5-11-22(20)23/h2-5,8-11,23-24H,6-7,12-17H2,1H3,(H,28,32)(H,29,31)(H,30,35)(H,33,34)/t24-/m1/s1. The highest BCUT2D eigenvalue weighted by Crippen LogP contribution is 2.44. The molecule has 10 heteroatoms. The molecule has 0 aromatic heterocycles. The van der Waals surface area contributed by atoms with Gasteiger partial charge in [-0.3, -0.25) is 9.59 Å². The molecule has 3 amide bonds. The number of hydrogen-bond acceptors (Lipinski definition) is 6. The molecule has 0 saturated heterocycles. The van der Waals surface area contributed by atoms with Crippen LogP contribution < -0.4 is 16.0 Å². The van der Waals surface area contributed by atoms with E-state index in [0.717, 1.165) is 22.3 Å². The van der Waals surface area contributed by atoms with Gasteiger partial charge in [0.15, 0.2) is 0 Å². The number of carboxylic acids is 1. The number of unbranched alkanes of at least 4 members (excludes halogenated alkanes) is 1. The first-order valence-electron chi connectivity index (χ1n) is 12.3. The second-order valence-electron chi connectivity index (χ2n) is 8.74. The van der Waals surface area contributed by atoms with Gasteiger partial charge in [0.25, 0.3) is 0 Å². The Morgan fingerprint density at radius 2 is 1.62 bits per heavy atom. The Kier molecular flexibility index (Phi) is 10.8. The molecule has 0 heterocycles. The lowest BCUT2D eigenvalue weighted by Crippen LogP contribution is -2.41. The summed E-state index contributed by atoms with van der Waals surface area (Å²) in [7, 11) is 0. The second kappa shape index (κ2) is 14.3. The minimum atomic E-state index is -1.13. The van der Waals surface area contributed by atoms with Crippen molar-refractivity contribution in [2.45, 2.75) is 44.6 Å². The smallest absolute Gasteiger partial charge is 0.407 e. The van der Waals surface area contributed by atoms with Crippen LogP contribution in [-0.2, 0) is 19.1 Å². The first kappa shape index (κ1) is 28.0. The number of carboxylic acid groups (broad SMARTS) is 1. The van der Waals surface area contributed by atoms with Crippen molar-refractivity contribution in [2.24, 2.45) is 0 Å². The van der Waals surface area contributed by atoms with Gasteiger partial charge in [0.05, 0.1) is 5.88 Å². The SMILES string of the molecule is CC(=O)NCSCCC(=O)NCCCC[C@@H](NC(=O)OCC1c2ccccc2-c2ccccc21)C(=O)O. The molecule has 2 aromatic rings. The van der Waals surface area contributed by atoms with Crippen LogP contribution in [-0.4, -0.2) is 59.8 Å². The van der Waals surface area contributed by atoms with Crippen molar-refractivity contribution < 1.29 is 29.0 Å². The van der Waals surface area contributed by atoms with E-state index in [0.29, 0.717) is 37.4 Å². The van der Waals surface area contributed by atoms with Crippen molar-refractivity contribution in [2.75, 3.05) is 24.8 Å². The number of hydrogen-bond donors (Lipinski definition) is 4. The van der Waals surface area contributed by atoms with E-state index in [9.17, 15) is 24.3 Å². The summed E-state index contributed by atoms with van der Waals surface area (Å²) in [4.78, 5) is 46.7. The van der Waals surface area contributed by atoms with Gasteiger partial charge in [-0.15, -0.1) is 11.8 Å². The fourth-order valence-electron chi connectivity index (χ4n) is 4.22. The van der Waals surface area contributed by atoms with Crippen LogP contribution in [0.3, 0.4) is 0 Å². The molecule has 198 valence electrons. The summed E-state index contributed by atoms with van der Waals surface area (Å²) in [5.41, 5.74) is 4.40. The van der Waals surface area contributed by atoms with Crippen LogP contribution >= 0.6 is 11.8 Å². The van der Waals surface area contributed by atoms with Crippen LogP contribution in [0.25, 0.3) is 11.1 Å². The molecule has 0 saturated carbocycles. The maximum Gasteiger partial charge on any atom is 0.407 e. The number of fused-ring (bicyclic) bond motifs is 3. The summed E-state index contributed by atoms with van der Waals surface area (Å²) in [5.74, 6) is -0.373. The van der Waals surface area contributed by atoms with Gasteiger partial charge in [-0.2, -0.15) is 0 Å². The summed E-state index contributed by atoms with van der Waals surface area (Å²) in [6.07, 6.45) is 0.895. The predicted molar refractivity (Wildman–Crippen MR) is 142 cm³/mol. The van der Waals surface area contributed by atoms with E-state index in [1.165, 1.54) is 18.7 Å². The molecule has 2 aromatic carbocycles. The third-order valence-electron chi connectivity index (χ3n) is 6.07. The van der Waals surface area contributed by atoms with Gasteiger partial charge < -0.3 is 25.8 Å². The highest BCUT2D eigenvalue weighted by Gasteiger charge is 2.29. The van der Waals surface area contributed by atoms with Crippen molar-refractivity contribution in [3.05, 3.63) is 59.7 Å². The number of thioether (sulfide) groups is 1. The normalized spacial score (nSPS) is 12.7. The highest BCUT2D eigenvalue weighted by atomic mass is 32.2. The zero-order chi connectivity index (χ0) is 26.6. The average Bonchev–Trinajstić information content (AvgIpc) is 3.19. The summed E-state index contributed by atoms with van der Waals surface area (Å²) < 4.78 is 5.45. The van der Waals surface area contributed by atoms with E-state index in [4.69, 9.17) is 4.74 Å². The second-order valence-corrected chi connectivity index (χ2v) is 9.85. The number of amides is 3. The van der Waals surface area contributed by atoms with E-state index in [-0.39, 0.29) is 30.8 Å². The number of nitrogens with one attached hydrogen (secondary N) is 3. The minimum Gasteiger partial charge on any atom is -0.480 e. The van der Waals surface area contributed by atoms with E-state index < -0.39 is 18.1 Å². The zero-order valence-electron chi connectivity index (χ0n) is 20.8. The molecule has 4 N–H and O–H groups in total. The van der Waals surface area contributed by atoms with Gasteiger partial charge in [0.1, 0.15) is 12.6 Å². The van der Waals surface area contributed by atoms with Crippen molar-refractivity contribution in [3.63, 3.8) is 0 Å². The lowest BCUT2D eigenvalue weighted by Gasteiger charge is -2.17. The Balaban J connectivity index is 1.36. The van der Waals surface area contributed by atoms with Crippen LogP contribution in [0.4, 0.5) is 4.79 Å². The van der Waals surface area contributed by atoms with Crippen molar-refractivity contribution in [3.8, 4) is 11.1 Å². The van der Waals surface area contributed by atoms with Gasteiger partial charge in [-0.05, 0) is 41.5 Å². The molecular weight excluding hydrogens is 494 g/mol. The lowest BCUT2D eigenvalue weighted by atomic mass is 9.98. The fourth-order valence-corrected chi connectivity index (χ4v) is 5.00. The van der Waals surface area contributed by atoms with Crippen LogP contribution in [0.1, 0.15) is 49.7 Å². The van der Waals surface area contributed by atoms with E-state index >= 15 is 0 Å². The van der Waals surface area contributed by atoms with Gasteiger partial charge in [-0.1, -0.05) is 48.5 Å². The van der Waals surface area contributed by atoms with Gasteiger partial charge in [-0.25, -0.2) is 9.59 Å². The van der Waals surface area contributed by atoms with Gasteiger partial charge in [0.2, 0.25) is 11.8 Å². The first-order valence-corrected chi connectivity index (χ1v) is 13.5. The predicted octanol–water partition coefficient (Wildman–Crippen LogP) is 3.48. The molecule has 9 nitrogen and oxygen atoms in total. The van der Waals surface area contributed by atoms with Crippen LogP contribution in [0.15, 0.2) is 48.5 Å². The molecule has 0 unspecified atom stereocenters. The molecule has 37 heavy (non-hydrogen) atoms. The number of aliphatic carboxylic acids is 1. The maximum absolute atomic E-state index is 12.4. The Morgan fingerprint density at radius 3 is 2.24 bits per heavy atom. The van der Waals surface area contributed by atoms with E-state index in [2.05, 4.69) is 16.0 Å². The third kappa shape index (κ3) is 8.52. The van der Waals surface area contributed by atoms with Gasteiger partial charge >= 0.3 is 12.1 Å². The third-order valence-corrected chi connectivity index (χ3v) is 6.91. The summed E-state index contributed by atoms with van der Waals surface area (Å²) in [6.45, 7) is 1.98. The fraction of sp³-hybridized carbons (Fsp3) is 0.407. The topological polar surface area (TPSA) is 134 Å². The Bertz CT molecular complexity index is 1060.